The second-order valence-electron chi connectivity index (χ2n) is 3.49. The Hall–Kier alpha value is -2.68. The first-order valence-electron chi connectivity index (χ1n) is 5.32. The lowest BCUT2D eigenvalue weighted by Crippen LogP contribution is -2.02. The molecule has 0 atom stereocenters. The number of halogens is 1. The number of nitriles is 1. The summed E-state index contributed by atoms with van der Waals surface area (Å²) in [5.41, 5.74) is 6.05. The first kappa shape index (κ1) is 14.4. The number of carbonyl (C=O) groups is 1. The van der Waals surface area contributed by atoms with Crippen molar-refractivity contribution >= 4 is 17.9 Å². The molecule has 0 radical (unpaired) electrons. The summed E-state index contributed by atoms with van der Waals surface area (Å²) in [6.45, 7) is 0. The molecule has 0 aliphatic heterocycles. The average molecular weight is 261 g/mol. The van der Waals surface area contributed by atoms with Gasteiger partial charge in [-0.15, -0.1) is 0 Å². The lowest BCUT2D eigenvalue weighted by molar-refractivity contribution is 0.0601. The van der Waals surface area contributed by atoms with Crippen LogP contribution in [0.1, 0.15) is 16.8 Å². The lowest BCUT2D eigenvalue weighted by Gasteiger charge is -2.03. The highest BCUT2D eigenvalue weighted by atomic mass is 19.1. The molecule has 0 aliphatic carbocycles. The van der Waals surface area contributed by atoms with Gasteiger partial charge in [-0.25, -0.2) is 9.18 Å². The Bertz CT molecular complexity index is 574. The molecule has 1 aromatic carbocycles. The van der Waals surface area contributed by atoms with E-state index in [0.29, 0.717) is 5.57 Å². The topological polar surface area (TPSA) is 88.5 Å². The first-order chi connectivity index (χ1) is 9.12. The average Bonchev–Trinajstić information content (AvgIpc) is 2.43. The van der Waals surface area contributed by atoms with Crippen molar-refractivity contribution < 1.29 is 13.9 Å². The van der Waals surface area contributed by atoms with Crippen LogP contribution in [0.4, 0.5) is 10.1 Å². The predicted octanol–water partition coefficient (Wildman–Crippen LogP) is 2.07. The van der Waals surface area contributed by atoms with E-state index in [4.69, 9.17) is 11.0 Å². The number of ether oxygens (including phenoxy) is 1. The van der Waals surface area contributed by atoms with Crippen molar-refractivity contribution in [3.05, 3.63) is 41.4 Å². The van der Waals surface area contributed by atoms with Gasteiger partial charge in [0, 0.05) is 6.21 Å². The van der Waals surface area contributed by atoms with E-state index in [1.807, 2.05) is 6.07 Å². The lowest BCUT2D eigenvalue weighted by atomic mass is 10.1. The van der Waals surface area contributed by atoms with E-state index >= 15 is 0 Å². The molecule has 0 unspecified atom stereocenters. The summed E-state index contributed by atoms with van der Waals surface area (Å²) in [5, 5.41) is 8.55. The summed E-state index contributed by atoms with van der Waals surface area (Å²) in [7, 11) is 1.20. The summed E-state index contributed by atoms with van der Waals surface area (Å²) >= 11 is 0. The molecule has 0 amide bonds. The number of esters is 1. The molecule has 6 heteroatoms. The van der Waals surface area contributed by atoms with Crippen LogP contribution < -0.4 is 5.73 Å². The molecule has 1 aromatic rings. The van der Waals surface area contributed by atoms with Crippen molar-refractivity contribution in [2.45, 2.75) is 6.42 Å². The van der Waals surface area contributed by atoms with Crippen LogP contribution in [0.2, 0.25) is 0 Å². The van der Waals surface area contributed by atoms with Gasteiger partial charge in [-0.3, -0.25) is 4.99 Å². The molecule has 5 nitrogen and oxygen atoms in total. The number of methoxy groups -OCH3 is 1. The SMILES string of the molecule is COC(=O)c1cc(F)ccc1N=CC(=CN)CC#N. The third kappa shape index (κ3) is 3.92. The number of allylic oxidation sites excluding steroid dienone is 1. The molecule has 2 N–H and O–H groups in total. The van der Waals surface area contributed by atoms with Crippen molar-refractivity contribution in [3.63, 3.8) is 0 Å². The highest BCUT2D eigenvalue weighted by Crippen LogP contribution is 2.21. The van der Waals surface area contributed by atoms with Gasteiger partial charge in [-0.1, -0.05) is 0 Å². The number of nitrogens with zero attached hydrogens (tertiary/aromatic N) is 2. The summed E-state index contributed by atoms with van der Waals surface area (Å²) in [6.07, 6.45) is 2.69. The minimum Gasteiger partial charge on any atom is -0.465 e. The van der Waals surface area contributed by atoms with Crippen molar-refractivity contribution in [2.24, 2.45) is 10.7 Å². The van der Waals surface area contributed by atoms with Crippen LogP contribution in [0.25, 0.3) is 0 Å². The Kier molecular flexibility index (Phi) is 5.23. The van der Waals surface area contributed by atoms with Gasteiger partial charge in [0.15, 0.2) is 0 Å². The summed E-state index contributed by atoms with van der Waals surface area (Å²) < 4.78 is 17.6. The maximum absolute atomic E-state index is 13.1. The minimum absolute atomic E-state index is 0.00655. The fraction of sp³-hybridized carbons (Fsp3) is 0.154. The van der Waals surface area contributed by atoms with Crippen LogP contribution in [0.5, 0.6) is 0 Å². The maximum atomic E-state index is 13.1. The monoisotopic (exact) mass is 261 g/mol. The van der Waals surface area contributed by atoms with Gasteiger partial charge >= 0.3 is 5.97 Å². The minimum atomic E-state index is -0.690. The zero-order valence-electron chi connectivity index (χ0n) is 10.3. The van der Waals surface area contributed by atoms with Crippen molar-refractivity contribution in [1.82, 2.24) is 0 Å². The number of nitrogens with two attached hydrogens (primary N) is 1. The number of carbonyl (C=O) groups excluding carboxylic acids is 1. The van der Waals surface area contributed by atoms with Gasteiger partial charge in [0.05, 0.1) is 30.9 Å². The van der Waals surface area contributed by atoms with E-state index in [2.05, 4.69) is 9.73 Å². The van der Waals surface area contributed by atoms with E-state index in [1.165, 1.54) is 31.7 Å². The Morgan fingerprint density at radius 2 is 2.37 bits per heavy atom. The largest absolute Gasteiger partial charge is 0.465 e. The van der Waals surface area contributed by atoms with Gasteiger partial charge in [-0.05, 0) is 30.0 Å². The van der Waals surface area contributed by atoms with Crippen LogP contribution in [-0.4, -0.2) is 19.3 Å². The molecule has 0 aliphatic rings. The summed E-state index contributed by atoms with van der Waals surface area (Å²) in [5.74, 6) is -1.25. The molecule has 0 fully saturated rings. The Labute approximate surface area is 109 Å². The Morgan fingerprint density at radius 3 is 2.95 bits per heavy atom. The molecular weight excluding hydrogens is 249 g/mol. The smallest absolute Gasteiger partial charge is 0.340 e. The number of hydrogen-bond donors (Lipinski definition) is 1. The van der Waals surface area contributed by atoms with Gasteiger partial charge in [0.1, 0.15) is 5.82 Å². The van der Waals surface area contributed by atoms with Crippen molar-refractivity contribution in [2.75, 3.05) is 7.11 Å². The Balaban J connectivity index is 3.11. The molecular formula is C13H12FN3O2. The third-order valence-corrected chi connectivity index (χ3v) is 2.23. The maximum Gasteiger partial charge on any atom is 0.340 e. The zero-order valence-corrected chi connectivity index (χ0v) is 10.3. The van der Waals surface area contributed by atoms with Gasteiger partial charge in [0.2, 0.25) is 0 Å². The molecule has 1 rings (SSSR count). The number of aliphatic imine (C=N–C) groups is 1. The molecule has 0 saturated carbocycles. The number of benzene rings is 1. The van der Waals surface area contributed by atoms with E-state index in [9.17, 15) is 9.18 Å². The van der Waals surface area contributed by atoms with Crippen molar-refractivity contribution in [3.8, 4) is 6.07 Å². The van der Waals surface area contributed by atoms with Crippen molar-refractivity contribution in [1.29, 1.82) is 5.26 Å². The molecule has 0 spiro atoms. The summed E-state index contributed by atoms with van der Waals surface area (Å²) in [4.78, 5) is 15.5. The first-order valence-corrected chi connectivity index (χ1v) is 5.32. The van der Waals surface area contributed by atoms with Gasteiger partial charge in [-0.2, -0.15) is 5.26 Å². The Morgan fingerprint density at radius 1 is 1.63 bits per heavy atom. The molecule has 98 valence electrons. The number of hydrogen-bond acceptors (Lipinski definition) is 5. The van der Waals surface area contributed by atoms with E-state index in [0.717, 1.165) is 6.07 Å². The molecule has 0 heterocycles. The fourth-order valence-corrected chi connectivity index (χ4v) is 1.29. The second-order valence-corrected chi connectivity index (χ2v) is 3.49. The van der Waals surface area contributed by atoms with E-state index in [1.54, 1.807) is 0 Å². The molecule has 19 heavy (non-hydrogen) atoms. The van der Waals surface area contributed by atoms with Crippen LogP contribution in [-0.2, 0) is 4.74 Å². The second kappa shape index (κ2) is 6.91. The van der Waals surface area contributed by atoms with Crippen LogP contribution >= 0.6 is 0 Å². The third-order valence-electron chi connectivity index (χ3n) is 2.23. The molecule has 0 aromatic heterocycles. The molecule has 0 bridgehead atoms. The normalized spacial score (nSPS) is 11.3. The predicted molar refractivity (Wildman–Crippen MR) is 68.4 cm³/mol. The quantitative estimate of drug-likeness (QED) is 0.663. The van der Waals surface area contributed by atoms with Gasteiger partial charge < -0.3 is 10.5 Å². The summed E-state index contributed by atoms with van der Waals surface area (Å²) in [6, 6.07) is 5.48. The number of rotatable bonds is 4. The zero-order chi connectivity index (χ0) is 14.3. The van der Waals surface area contributed by atoms with Gasteiger partial charge in [0.25, 0.3) is 0 Å². The highest BCUT2D eigenvalue weighted by Gasteiger charge is 2.12. The van der Waals surface area contributed by atoms with E-state index in [-0.39, 0.29) is 17.7 Å². The van der Waals surface area contributed by atoms with Crippen LogP contribution in [0, 0.1) is 17.1 Å². The van der Waals surface area contributed by atoms with Crippen LogP contribution in [0.3, 0.4) is 0 Å². The molecule has 0 saturated heterocycles. The highest BCUT2D eigenvalue weighted by molar-refractivity contribution is 5.96. The van der Waals surface area contributed by atoms with E-state index < -0.39 is 11.8 Å². The van der Waals surface area contributed by atoms with Crippen LogP contribution in [0.15, 0.2) is 35.0 Å². The fourth-order valence-electron chi connectivity index (χ4n) is 1.29. The standard InChI is InChI=1S/C13H12FN3O2/c1-19-13(18)11-6-10(14)2-3-12(11)17-8-9(7-16)4-5-15/h2-3,6-8H,4,16H2,1H3.